The quantitative estimate of drug-likeness (QED) is 0.0261. The molecule has 0 aromatic carbocycles. The van der Waals surface area contributed by atoms with E-state index in [1.165, 1.54) is 77.0 Å². The van der Waals surface area contributed by atoms with E-state index in [4.69, 9.17) is 14.2 Å². The van der Waals surface area contributed by atoms with Gasteiger partial charge in [-0.05, 0) is 135 Å². The van der Waals surface area contributed by atoms with Crippen LogP contribution in [0.4, 0.5) is 0 Å². The number of ether oxygens (including phenoxy) is 3. The normalized spacial score (nSPS) is 13.3. The molecule has 1 atom stereocenters. The highest BCUT2D eigenvalue weighted by atomic mass is 16.6. The first-order valence-corrected chi connectivity index (χ1v) is 32.6. The van der Waals surface area contributed by atoms with Crippen LogP contribution in [0.15, 0.2) is 170 Å². The van der Waals surface area contributed by atoms with Crippen molar-refractivity contribution >= 4 is 17.9 Å². The highest BCUT2D eigenvalue weighted by Crippen LogP contribution is 2.15. The zero-order valence-electron chi connectivity index (χ0n) is 52.0. The predicted molar refractivity (Wildman–Crippen MR) is 352 cm³/mol. The molecule has 0 aliphatic carbocycles. The van der Waals surface area contributed by atoms with Crippen molar-refractivity contribution in [2.24, 2.45) is 0 Å². The van der Waals surface area contributed by atoms with Crippen molar-refractivity contribution in [1.29, 1.82) is 0 Å². The number of rotatable bonds is 57. The zero-order chi connectivity index (χ0) is 58.5. The van der Waals surface area contributed by atoms with Gasteiger partial charge in [-0.2, -0.15) is 0 Å². The monoisotopic (exact) mass is 1110 g/mol. The molecule has 0 aliphatic rings. The van der Waals surface area contributed by atoms with Gasteiger partial charge in [-0.15, -0.1) is 0 Å². The number of carbonyl (C=O) groups is 3. The van der Waals surface area contributed by atoms with Crippen LogP contribution in [0.1, 0.15) is 265 Å². The standard InChI is InChI=1S/C75H118O6/c1-4-7-10-13-16-19-22-25-27-29-31-33-35-37-39-41-43-45-47-50-53-56-59-62-65-68-74(77)80-71-72(70-79-73(76)67-64-61-58-55-52-49-24-21-18-15-12-9-6-3)81-75(78)69-66-63-60-57-54-51-48-46-44-42-40-38-36-34-32-30-28-26-23-20-17-14-11-8-5-2/h7-12,16-21,25-28,31-34,37-40,49,52,58,61,72H,4-6,13-15,22-24,29-30,35-36,41-48,50-51,53-57,59-60,62-71H2,1-3H3/b10-7-,11-8-,12-9-,19-16-,20-17-,21-18-,27-25-,28-26-,33-31-,34-32-,39-37-,40-38-,52-49-,61-58-. The maximum Gasteiger partial charge on any atom is 0.306 e. The van der Waals surface area contributed by atoms with E-state index in [9.17, 15) is 14.4 Å². The lowest BCUT2D eigenvalue weighted by Gasteiger charge is -2.18. The Morgan fingerprint density at radius 3 is 0.765 bits per heavy atom. The van der Waals surface area contributed by atoms with E-state index in [2.05, 4.69) is 185 Å². The van der Waals surface area contributed by atoms with Gasteiger partial charge in [-0.1, -0.05) is 281 Å². The summed E-state index contributed by atoms with van der Waals surface area (Å²) in [5, 5.41) is 0. The highest BCUT2D eigenvalue weighted by Gasteiger charge is 2.19. The third-order valence-corrected chi connectivity index (χ3v) is 13.2. The van der Waals surface area contributed by atoms with Gasteiger partial charge in [0.25, 0.3) is 0 Å². The summed E-state index contributed by atoms with van der Waals surface area (Å²) in [6, 6.07) is 0. The van der Waals surface area contributed by atoms with E-state index in [0.717, 1.165) is 141 Å². The Kier molecular flexibility index (Phi) is 62.9. The van der Waals surface area contributed by atoms with E-state index in [-0.39, 0.29) is 37.5 Å². The molecule has 6 nitrogen and oxygen atoms in total. The second-order valence-electron chi connectivity index (χ2n) is 20.9. The third kappa shape index (κ3) is 65.5. The Labute approximate surface area is 498 Å². The SMILES string of the molecule is CC/C=C\C/C=C\C/C=C\C/C=C\C/C=C\CCCCCCCCCCCC(=O)OCC(COC(=O)CC/C=C\C/C=C\C/C=C\C/C=C\CC)OC(=O)CCCCCCCCCCC/C=C\C/C=C\C/C=C\C/C=C\C/C=C\CC. The van der Waals surface area contributed by atoms with Crippen molar-refractivity contribution < 1.29 is 28.6 Å². The lowest BCUT2D eigenvalue weighted by Crippen LogP contribution is -2.30. The van der Waals surface area contributed by atoms with E-state index in [1.807, 2.05) is 6.08 Å². The fraction of sp³-hybridized carbons (Fsp3) is 0.587. The highest BCUT2D eigenvalue weighted by molar-refractivity contribution is 5.71. The molecule has 81 heavy (non-hydrogen) atoms. The van der Waals surface area contributed by atoms with Gasteiger partial charge in [0.2, 0.25) is 0 Å². The summed E-state index contributed by atoms with van der Waals surface area (Å²) < 4.78 is 16.9. The average Bonchev–Trinajstić information content (AvgIpc) is 3.46. The zero-order valence-corrected chi connectivity index (χ0v) is 52.0. The molecule has 454 valence electrons. The number of allylic oxidation sites excluding steroid dienone is 28. The second-order valence-corrected chi connectivity index (χ2v) is 20.9. The topological polar surface area (TPSA) is 78.9 Å². The smallest absolute Gasteiger partial charge is 0.306 e. The van der Waals surface area contributed by atoms with E-state index < -0.39 is 6.10 Å². The molecule has 0 saturated heterocycles. The molecule has 6 heteroatoms. The van der Waals surface area contributed by atoms with Gasteiger partial charge in [-0.25, -0.2) is 0 Å². The lowest BCUT2D eigenvalue weighted by molar-refractivity contribution is -0.166. The van der Waals surface area contributed by atoms with Crippen LogP contribution in [0.25, 0.3) is 0 Å². The lowest BCUT2D eigenvalue weighted by atomic mass is 10.1. The predicted octanol–water partition coefficient (Wildman–Crippen LogP) is 22.7. The Hall–Kier alpha value is -5.23. The van der Waals surface area contributed by atoms with Crippen molar-refractivity contribution in [3.05, 3.63) is 170 Å². The van der Waals surface area contributed by atoms with Crippen LogP contribution in [0.3, 0.4) is 0 Å². The summed E-state index contributed by atoms with van der Waals surface area (Å²) in [6.45, 7) is 6.22. The summed E-state index contributed by atoms with van der Waals surface area (Å²) in [5.74, 6) is -1.01. The molecule has 1 unspecified atom stereocenters. The van der Waals surface area contributed by atoms with E-state index >= 15 is 0 Å². The molecule has 0 heterocycles. The van der Waals surface area contributed by atoms with Gasteiger partial charge < -0.3 is 14.2 Å². The van der Waals surface area contributed by atoms with Crippen molar-refractivity contribution in [3.8, 4) is 0 Å². The molecule has 0 aromatic rings. The third-order valence-electron chi connectivity index (χ3n) is 13.2. The largest absolute Gasteiger partial charge is 0.462 e. The Morgan fingerprint density at radius 2 is 0.469 bits per heavy atom. The minimum Gasteiger partial charge on any atom is -0.462 e. The van der Waals surface area contributed by atoms with Crippen LogP contribution >= 0.6 is 0 Å². The van der Waals surface area contributed by atoms with Gasteiger partial charge in [0.1, 0.15) is 13.2 Å². The second kappa shape index (κ2) is 67.3. The maximum atomic E-state index is 12.9. The van der Waals surface area contributed by atoms with Crippen molar-refractivity contribution in [2.45, 2.75) is 271 Å². The van der Waals surface area contributed by atoms with Crippen LogP contribution in [0.5, 0.6) is 0 Å². The average molecular weight is 1120 g/mol. The number of unbranched alkanes of at least 4 members (excludes halogenated alkanes) is 18. The first kappa shape index (κ1) is 75.8. The Balaban J connectivity index is 4.42. The first-order chi connectivity index (χ1) is 40.0. The van der Waals surface area contributed by atoms with Crippen LogP contribution < -0.4 is 0 Å². The summed E-state index contributed by atoms with van der Waals surface area (Å²) in [6.07, 6.45) is 99.5. The molecular weight excluding hydrogens is 997 g/mol. The van der Waals surface area contributed by atoms with Gasteiger partial charge in [-0.3, -0.25) is 14.4 Å². The summed E-state index contributed by atoms with van der Waals surface area (Å²) >= 11 is 0. The molecule has 0 fully saturated rings. The van der Waals surface area contributed by atoms with Gasteiger partial charge >= 0.3 is 17.9 Å². The van der Waals surface area contributed by atoms with Crippen LogP contribution in [0.2, 0.25) is 0 Å². The summed E-state index contributed by atoms with van der Waals surface area (Å²) in [5.41, 5.74) is 0. The molecule has 0 amide bonds. The van der Waals surface area contributed by atoms with Crippen LogP contribution in [-0.2, 0) is 28.6 Å². The van der Waals surface area contributed by atoms with Gasteiger partial charge in [0.05, 0.1) is 0 Å². The maximum absolute atomic E-state index is 12.9. The van der Waals surface area contributed by atoms with Gasteiger partial charge in [0.15, 0.2) is 6.10 Å². The molecule has 0 aromatic heterocycles. The summed E-state index contributed by atoms with van der Waals surface area (Å²) in [7, 11) is 0. The van der Waals surface area contributed by atoms with Crippen LogP contribution in [-0.4, -0.2) is 37.2 Å². The minimum absolute atomic E-state index is 0.113. The fourth-order valence-electron chi connectivity index (χ4n) is 8.45. The molecular formula is C75H118O6. The Morgan fingerprint density at radius 1 is 0.247 bits per heavy atom. The van der Waals surface area contributed by atoms with E-state index in [0.29, 0.717) is 19.3 Å². The molecule has 0 aliphatic heterocycles. The molecule has 0 bridgehead atoms. The molecule has 0 rings (SSSR count). The van der Waals surface area contributed by atoms with Crippen molar-refractivity contribution in [3.63, 3.8) is 0 Å². The fourth-order valence-corrected chi connectivity index (χ4v) is 8.45. The molecule has 0 N–H and O–H groups in total. The first-order valence-electron chi connectivity index (χ1n) is 32.6. The van der Waals surface area contributed by atoms with Crippen LogP contribution in [0, 0.1) is 0 Å². The number of hydrogen-bond donors (Lipinski definition) is 0. The van der Waals surface area contributed by atoms with Gasteiger partial charge in [0, 0.05) is 19.3 Å². The number of esters is 3. The number of hydrogen-bond acceptors (Lipinski definition) is 6. The molecule has 0 radical (unpaired) electrons. The molecule has 0 saturated carbocycles. The Bertz CT molecular complexity index is 1860. The summed E-state index contributed by atoms with van der Waals surface area (Å²) in [4.78, 5) is 38.3. The molecule has 0 spiro atoms. The van der Waals surface area contributed by atoms with Crippen molar-refractivity contribution in [1.82, 2.24) is 0 Å². The number of carbonyl (C=O) groups excluding carboxylic acids is 3. The minimum atomic E-state index is -0.823. The van der Waals surface area contributed by atoms with Crippen molar-refractivity contribution in [2.75, 3.05) is 13.2 Å². The van der Waals surface area contributed by atoms with E-state index in [1.54, 1.807) is 0 Å².